The highest BCUT2D eigenvalue weighted by atomic mass is 32.1. The monoisotopic (exact) mass is 202 g/mol. The summed E-state index contributed by atoms with van der Waals surface area (Å²) >= 11 is 1.48. The third kappa shape index (κ3) is 2.99. The standard InChI is InChI=1S/C9H14O3S/c1-3-12-5-8(10)9-4-7(11-2)6-13-9/h4,6,8,10H,3,5H2,1-2H3. The highest BCUT2D eigenvalue weighted by Crippen LogP contribution is 2.26. The fraction of sp³-hybridized carbons (Fsp3) is 0.556. The van der Waals surface area contributed by atoms with Crippen LogP contribution in [-0.4, -0.2) is 25.4 Å². The van der Waals surface area contributed by atoms with E-state index in [2.05, 4.69) is 0 Å². The van der Waals surface area contributed by atoms with Crippen molar-refractivity contribution >= 4 is 11.3 Å². The van der Waals surface area contributed by atoms with Crippen molar-refractivity contribution in [2.75, 3.05) is 20.3 Å². The van der Waals surface area contributed by atoms with E-state index >= 15 is 0 Å². The maximum Gasteiger partial charge on any atom is 0.129 e. The van der Waals surface area contributed by atoms with Crippen LogP contribution in [0.4, 0.5) is 0 Å². The van der Waals surface area contributed by atoms with Gasteiger partial charge in [0.1, 0.15) is 11.9 Å². The number of rotatable bonds is 5. The molecule has 1 N–H and O–H groups in total. The van der Waals surface area contributed by atoms with Crippen molar-refractivity contribution in [3.05, 3.63) is 16.3 Å². The average molecular weight is 202 g/mol. The topological polar surface area (TPSA) is 38.7 Å². The molecule has 0 amide bonds. The Balaban J connectivity index is 2.50. The minimum atomic E-state index is -0.533. The lowest BCUT2D eigenvalue weighted by molar-refractivity contribution is 0.0438. The van der Waals surface area contributed by atoms with Gasteiger partial charge in [-0.05, 0) is 13.0 Å². The molecule has 74 valence electrons. The van der Waals surface area contributed by atoms with Crippen molar-refractivity contribution in [3.63, 3.8) is 0 Å². The summed E-state index contributed by atoms with van der Waals surface area (Å²) in [5, 5.41) is 11.5. The van der Waals surface area contributed by atoms with Gasteiger partial charge in [-0.3, -0.25) is 0 Å². The highest BCUT2D eigenvalue weighted by molar-refractivity contribution is 7.10. The predicted molar refractivity (Wildman–Crippen MR) is 52.3 cm³/mol. The molecular weight excluding hydrogens is 188 g/mol. The summed E-state index contributed by atoms with van der Waals surface area (Å²) in [5.41, 5.74) is 0. The number of aliphatic hydroxyl groups excluding tert-OH is 1. The summed E-state index contributed by atoms with van der Waals surface area (Å²) in [7, 11) is 1.61. The Hall–Kier alpha value is -0.580. The first kappa shape index (κ1) is 10.5. The van der Waals surface area contributed by atoms with E-state index in [1.807, 2.05) is 18.4 Å². The number of aliphatic hydroxyl groups is 1. The molecule has 0 aliphatic carbocycles. The summed E-state index contributed by atoms with van der Waals surface area (Å²) in [5.74, 6) is 0.788. The van der Waals surface area contributed by atoms with Gasteiger partial charge < -0.3 is 14.6 Å². The Morgan fingerprint density at radius 3 is 2.92 bits per heavy atom. The van der Waals surface area contributed by atoms with E-state index in [0.717, 1.165) is 10.6 Å². The first-order valence-corrected chi connectivity index (χ1v) is 5.04. The fourth-order valence-corrected chi connectivity index (χ4v) is 1.75. The zero-order chi connectivity index (χ0) is 9.68. The van der Waals surface area contributed by atoms with Crippen LogP contribution in [0.15, 0.2) is 11.4 Å². The van der Waals surface area contributed by atoms with Gasteiger partial charge in [-0.1, -0.05) is 0 Å². The zero-order valence-corrected chi connectivity index (χ0v) is 8.63. The molecule has 0 aliphatic rings. The molecule has 0 bridgehead atoms. The first-order chi connectivity index (χ1) is 6.27. The van der Waals surface area contributed by atoms with Crippen LogP contribution >= 0.6 is 11.3 Å². The first-order valence-electron chi connectivity index (χ1n) is 4.16. The highest BCUT2D eigenvalue weighted by Gasteiger charge is 2.10. The van der Waals surface area contributed by atoms with Crippen molar-refractivity contribution < 1.29 is 14.6 Å². The second-order valence-electron chi connectivity index (χ2n) is 2.56. The van der Waals surface area contributed by atoms with E-state index in [1.165, 1.54) is 11.3 Å². The van der Waals surface area contributed by atoms with E-state index in [9.17, 15) is 5.11 Å². The van der Waals surface area contributed by atoms with Gasteiger partial charge in [0.05, 0.1) is 13.7 Å². The van der Waals surface area contributed by atoms with Crippen LogP contribution in [-0.2, 0) is 4.74 Å². The molecule has 0 saturated heterocycles. The molecule has 1 atom stereocenters. The Bertz CT molecular complexity index is 247. The van der Waals surface area contributed by atoms with Crippen LogP contribution < -0.4 is 4.74 Å². The lowest BCUT2D eigenvalue weighted by Gasteiger charge is -2.07. The quantitative estimate of drug-likeness (QED) is 0.791. The van der Waals surface area contributed by atoms with Crippen molar-refractivity contribution in [2.24, 2.45) is 0 Å². The van der Waals surface area contributed by atoms with Gasteiger partial charge in [0.2, 0.25) is 0 Å². The smallest absolute Gasteiger partial charge is 0.129 e. The molecule has 13 heavy (non-hydrogen) atoms. The summed E-state index contributed by atoms with van der Waals surface area (Å²) in [4.78, 5) is 0.880. The second-order valence-corrected chi connectivity index (χ2v) is 3.51. The summed E-state index contributed by atoms with van der Waals surface area (Å²) in [6.45, 7) is 2.88. The molecule has 4 heteroatoms. The Labute approximate surface area is 81.9 Å². The van der Waals surface area contributed by atoms with Gasteiger partial charge in [-0.25, -0.2) is 0 Å². The molecule has 0 radical (unpaired) electrons. The van der Waals surface area contributed by atoms with Crippen LogP contribution in [0.3, 0.4) is 0 Å². The van der Waals surface area contributed by atoms with Crippen LogP contribution in [0.25, 0.3) is 0 Å². The Morgan fingerprint density at radius 2 is 2.38 bits per heavy atom. The fourth-order valence-electron chi connectivity index (χ4n) is 0.928. The van der Waals surface area contributed by atoms with Crippen molar-refractivity contribution in [3.8, 4) is 5.75 Å². The number of hydrogen-bond donors (Lipinski definition) is 1. The number of thiophene rings is 1. The van der Waals surface area contributed by atoms with Gasteiger partial charge >= 0.3 is 0 Å². The Kier molecular flexibility index (Phi) is 4.21. The molecule has 0 aromatic carbocycles. The molecular formula is C9H14O3S. The van der Waals surface area contributed by atoms with Crippen LogP contribution in [0.5, 0.6) is 5.75 Å². The van der Waals surface area contributed by atoms with Gasteiger partial charge in [-0.15, -0.1) is 11.3 Å². The lowest BCUT2D eigenvalue weighted by Crippen LogP contribution is -2.05. The van der Waals surface area contributed by atoms with E-state index < -0.39 is 6.10 Å². The van der Waals surface area contributed by atoms with Gasteiger partial charge in [0.15, 0.2) is 0 Å². The third-order valence-electron chi connectivity index (χ3n) is 1.64. The SMILES string of the molecule is CCOCC(O)c1cc(OC)cs1. The summed E-state index contributed by atoms with van der Waals surface area (Å²) in [6.07, 6.45) is -0.533. The van der Waals surface area contributed by atoms with E-state index in [1.54, 1.807) is 7.11 Å². The number of methoxy groups -OCH3 is 1. The average Bonchev–Trinajstić information content (AvgIpc) is 2.62. The predicted octanol–water partition coefficient (Wildman–Crippen LogP) is 1.83. The van der Waals surface area contributed by atoms with Crippen molar-refractivity contribution in [1.82, 2.24) is 0 Å². The maximum absolute atomic E-state index is 9.59. The third-order valence-corrected chi connectivity index (χ3v) is 2.65. The second kappa shape index (κ2) is 5.21. The van der Waals surface area contributed by atoms with E-state index in [0.29, 0.717) is 13.2 Å². The molecule has 0 spiro atoms. The molecule has 0 saturated carbocycles. The summed E-state index contributed by atoms with van der Waals surface area (Å²) in [6, 6.07) is 1.83. The van der Waals surface area contributed by atoms with Crippen molar-refractivity contribution in [2.45, 2.75) is 13.0 Å². The minimum Gasteiger partial charge on any atom is -0.496 e. The number of hydrogen-bond acceptors (Lipinski definition) is 4. The molecule has 1 rings (SSSR count). The van der Waals surface area contributed by atoms with Crippen molar-refractivity contribution in [1.29, 1.82) is 0 Å². The molecule has 1 aromatic rings. The zero-order valence-electron chi connectivity index (χ0n) is 7.82. The van der Waals surface area contributed by atoms with E-state index in [-0.39, 0.29) is 0 Å². The number of ether oxygens (including phenoxy) is 2. The van der Waals surface area contributed by atoms with Gasteiger partial charge in [0, 0.05) is 16.9 Å². The van der Waals surface area contributed by atoms with Gasteiger partial charge in [-0.2, -0.15) is 0 Å². The van der Waals surface area contributed by atoms with Crippen LogP contribution in [0, 0.1) is 0 Å². The van der Waals surface area contributed by atoms with Crippen LogP contribution in [0.2, 0.25) is 0 Å². The van der Waals surface area contributed by atoms with E-state index in [4.69, 9.17) is 9.47 Å². The Morgan fingerprint density at radius 1 is 1.62 bits per heavy atom. The molecule has 1 unspecified atom stereocenters. The summed E-state index contributed by atoms with van der Waals surface area (Å²) < 4.78 is 10.1. The van der Waals surface area contributed by atoms with Crippen LogP contribution in [0.1, 0.15) is 17.9 Å². The minimum absolute atomic E-state index is 0.347. The largest absolute Gasteiger partial charge is 0.496 e. The maximum atomic E-state index is 9.59. The molecule has 3 nitrogen and oxygen atoms in total. The molecule has 1 aromatic heterocycles. The molecule has 1 heterocycles. The lowest BCUT2D eigenvalue weighted by atomic mass is 10.3. The molecule has 0 fully saturated rings. The van der Waals surface area contributed by atoms with Gasteiger partial charge in [0.25, 0.3) is 0 Å². The normalized spacial score (nSPS) is 12.8. The molecule has 0 aliphatic heterocycles.